The van der Waals surface area contributed by atoms with Crippen LogP contribution in [0.2, 0.25) is 0 Å². The van der Waals surface area contributed by atoms with Crippen molar-refractivity contribution in [3.05, 3.63) is 59.2 Å². The summed E-state index contributed by atoms with van der Waals surface area (Å²) in [6, 6.07) is 18.6. The number of anilines is 1. The smallest absolute Gasteiger partial charge is 0.125 e. The highest BCUT2D eigenvalue weighted by Gasteiger charge is 2.38. The number of aliphatic hydroxyl groups is 1. The van der Waals surface area contributed by atoms with Crippen LogP contribution < -0.4 is 15.4 Å². The number of nitrogens with two attached hydrogens (primary N) is 1. The molecule has 35 heavy (non-hydrogen) atoms. The summed E-state index contributed by atoms with van der Waals surface area (Å²) >= 11 is 0. The lowest BCUT2D eigenvalue weighted by Gasteiger charge is -2.36. The molecule has 0 radical (unpaired) electrons. The van der Waals surface area contributed by atoms with Gasteiger partial charge in [0.25, 0.3) is 0 Å². The van der Waals surface area contributed by atoms with Crippen LogP contribution in [0.1, 0.15) is 44.8 Å². The van der Waals surface area contributed by atoms with Gasteiger partial charge in [0.05, 0.1) is 31.3 Å². The second-order valence-corrected chi connectivity index (χ2v) is 9.58. The highest BCUT2D eigenvalue weighted by atomic mass is 16.5. The molecule has 4 rings (SSSR count). The Bertz CT molecular complexity index is 1070. The summed E-state index contributed by atoms with van der Waals surface area (Å²) in [6.45, 7) is 8.57. The van der Waals surface area contributed by atoms with Crippen molar-refractivity contribution in [2.45, 2.75) is 50.8 Å². The Labute approximate surface area is 209 Å². The van der Waals surface area contributed by atoms with Gasteiger partial charge in [-0.05, 0) is 43.9 Å². The summed E-state index contributed by atoms with van der Waals surface area (Å²) < 4.78 is 5.58. The van der Waals surface area contributed by atoms with Crippen LogP contribution >= 0.6 is 0 Å². The monoisotopic (exact) mass is 481 g/mol. The largest absolute Gasteiger partial charge is 0.496 e. The molecular weight excluding hydrogens is 442 g/mol. The maximum absolute atomic E-state index is 9.53. The van der Waals surface area contributed by atoms with Crippen molar-refractivity contribution in [3.8, 4) is 17.9 Å². The normalized spacial score (nSPS) is 16.6. The van der Waals surface area contributed by atoms with Crippen LogP contribution in [0.25, 0.3) is 0 Å². The van der Waals surface area contributed by atoms with Gasteiger partial charge in [0.15, 0.2) is 0 Å². The number of hydrogen-bond donors (Lipinski definition) is 2. The summed E-state index contributed by atoms with van der Waals surface area (Å²) in [4.78, 5) is 4.79. The Morgan fingerprint density at radius 1 is 1.09 bits per heavy atom. The molecule has 0 aromatic heterocycles. The molecule has 0 atom stereocenters. The molecule has 2 aromatic rings. The number of nitriles is 2. The molecular formula is C27H39N5O3. The minimum atomic E-state index is -0.581. The Kier molecular flexibility index (Phi) is 9.64. The summed E-state index contributed by atoms with van der Waals surface area (Å²) in [6.07, 6.45) is 1.78. The maximum atomic E-state index is 9.53. The van der Waals surface area contributed by atoms with Crippen molar-refractivity contribution in [2.75, 3.05) is 38.2 Å². The second-order valence-electron chi connectivity index (χ2n) is 9.58. The zero-order chi connectivity index (χ0) is 24.8. The molecule has 0 spiro atoms. The van der Waals surface area contributed by atoms with Gasteiger partial charge < -0.3 is 26.0 Å². The maximum Gasteiger partial charge on any atom is 0.125 e. The third kappa shape index (κ3) is 7.17. The van der Waals surface area contributed by atoms with Crippen LogP contribution in [0.4, 0.5) is 5.69 Å². The molecule has 1 saturated heterocycles. The number of aliphatic hydroxyl groups excluding tert-OH is 1. The summed E-state index contributed by atoms with van der Waals surface area (Å²) in [5.74, 6) is 0.767. The van der Waals surface area contributed by atoms with E-state index in [1.807, 2.05) is 50.2 Å². The topological polar surface area (TPSA) is 141 Å². The molecule has 0 unspecified atom stereocenters. The summed E-state index contributed by atoms with van der Waals surface area (Å²) in [5.41, 5.74) is 8.55. The Balaban J connectivity index is 0.000000711. The van der Waals surface area contributed by atoms with Gasteiger partial charge in [0, 0.05) is 51.5 Å². The zero-order valence-corrected chi connectivity index (χ0v) is 20.9. The third-order valence-corrected chi connectivity index (χ3v) is 6.57. The SMILES string of the molecule is COc1cc(N2CCN(Cc3ccccc3CO)CC2)ccc1C(C)(C)C#N.N#CC1(N)CC1.O.[HH]. The van der Waals surface area contributed by atoms with Crippen LogP contribution in [0, 0.1) is 22.7 Å². The quantitative estimate of drug-likeness (QED) is 0.646. The van der Waals surface area contributed by atoms with Gasteiger partial charge in [-0.15, -0.1) is 0 Å². The van der Waals surface area contributed by atoms with E-state index in [1.165, 1.54) is 5.56 Å². The van der Waals surface area contributed by atoms with Crippen LogP contribution in [0.3, 0.4) is 0 Å². The molecule has 5 N–H and O–H groups in total. The fourth-order valence-electron chi connectivity index (χ4n) is 3.97. The molecule has 8 heteroatoms. The number of piperazine rings is 1. The first-order valence-electron chi connectivity index (χ1n) is 11.7. The highest BCUT2D eigenvalue weighted by Crippen LogP contribution is 2.34. The third-order valence-electron chi connectivity index (χ3n) is 6.57. The van der Waals surface area contributed by atoms with E-state index in [9.17, 15) is 10.4 Å². The van der Waals surface area contributed by atoms with Gasteiger partial charge in [-0.25, -0.2) is 0 Å². The van der Waals surface area contributed by atoms with Gasteiger partial charge >= 0.3 is 0 Å². The van der Waals surface area contributed by atoms with Crippen LogP contribution in [0.15, 0.2) is 42.5 Å². The van der Waals surface area contributed by atoms with Gasteiger partial charge in [-0.2, -0.15) is 10.5 Å². The van der Waals surface area contributed by atoms with Crippen LogP contribution in [-0.2, 0) is 18.6 Å². The fraction of sp³-hybridized carbons (Fsp3) is 0.481. The standard InChI is InChI=1S/C23H29N3O2.C4H6N2.H2O.H2/c1-23(2,17-24)21-9-8-20(14-22(21)28-3)26-12-10-25(11-13-26)15-18-6-4-5-7-19(18)16-27;5-3-4(6)1-2-4;;/h4-9,14,27H,10-13,15-16H2,1-3H3;1-2,6H2;1H2;1H. The van der Waals surface area contributed by atoms with E-state index in [4.69, 9.17) is 15.7 Å². The Morgan fingerprint density at radius 2 is 1.71 bits per heavy atom. The Hall–Kier alpha value is -3.14. The average Bonchev–Trinajstić information content (AvgIpc) is 3.62. The van der Waals surface area contributed by atoms with Gasteiger partial charge in [-0.1, -0.05) is 30.3 Å². The minimum Gasteiger partial charge on any atom is -0.496 e. The van der Waals surface area contributed by atoms with Crippen LogP contribution in [0.5, 0.6) is 5.75 Å². The van der Waals surface area contributed by atoms with E-state index in [2.05, 4.69) is 28.0 Å². The van der Waals surface area contributed by atoms with E-state index in [-0.39, 0.29) is 13.5 Å². The second kappa shape index (κ2) is 12.0. The molecule has 1 heterocycles. The van der Waals surface area contributed by atoms with Crippen molar-refractivity contribution in [3.63, 3.8) is 0 Å². The predicted octanol–water partition coefficient (Wildman–Crippen LogP) is 2.73. The van der Waals surface area contributed by atoms with Crippen molar-refractivity contribution in [1.29, 1.82) is 10.5 Å². The fourth-order valence-corrected chi connectivity index (χ4v) is 3.97. The lowest BCUT2D eigenvalue weighted by Crippen LogP contribution is -2.46. The molecule has 190 valence electrons. The van der Waals surface area contributed by atoms with Crippen molar-refractivity contribution >= 4 is 5.69 Å². The van der Waals surface area contributed by atoms with Crippen LogP contribution in [-0.4, -0.2) is 54.3 Å². The molecule has 1 aliphatic carbocycles. The van der Waals surface area contributed by atoms with E-state index < -0.39 is 11.0 Å². The number of methoxy groups -OCH3 is 1. The molecule has 0 bridgehead atoms. The predicted molar refractivity (Wildman–Crippen MR) is 139 cm³/mol. The molecule has 2 fully saturated rings. The van der Waals surface area contributed by atoms with E-state index in [1.54, 1.807) is 7.11 Å². The molecule has 2 aromatic carbocycles. The molecule has 8 nitrogen and oxygen atoms in total. The highest BCUT2D eigenvalue weighted by molar-refractivity contribution is 5.56. The van der Waals surface area contributed by atoms with Crippen molar-refractivity contribution < 1.29 is 16.7 Å². The first-order chi connectivity index (χ1) is 16.2. The molecule has 1 saturated carbocycles. The van der Waals surface area contributed by atoms with E-state index in [0.717, 1.165) is 68.1 Å². The average molecular weight is 482 g/mol. The van der Waals surface area contributed by atoms with Gasteiger partial charge in [-0.3, -0.25) is 4.90 Å². The first-order valence-corrected chi connectivity index (χ1v) is 11.7. The zero-order valence-electron chi connectivity index (χ0n) is 20.9. The molecule has 1 aliphatic heterocycles. The molecule has 0 amide bonds. The summed E-state index contributed by atoms with van der Waals surface area (Å²) in [7, 11) is 1.66. The van der Waals surface area contributed by atoms with Gasteiger partial charge in [0.1, 0.15) is 11.3 Å². The van der Waals surface area contributed by atoms with E-state index in [0.29, 0.717) is 0 Å². The Morgan fingerprint density at radius 3 is 2.20 bits per heavy atom. The number of benzene rings is 2. The summed E-state index contributed by atoms with van der Waals surface area (Å²) in [5, 5.41) is 27.1. The lowest BCUT2D eigenvalue weighted by atomic mass is 9.85. The number of hydrogen-bond acceptors (Lipinski definition) is 7. The minimum absolute atomic E-state index is 0. The molecule has 2 aliphatic rings. The number of ether oxygens (including phenoxy) is 1. The lowest BCUT2D eigenvalue weighted by molar-refractivity contribution is 0.243. The van der Waals surface area contributed by atoms with Gasteiger partial charge in [0.2, 0.25) is 0 Å². The first kappa shape index (κ1) is 28.1. The van der Waals surface area contributed by atoms with Crippen molar-refractivity contribution in [1.82, 2.24) is 4.90 Å². The number of rotatable bonds is 6. The van der Waals surface area contributed by atoms with E-state index >= 15 is 0 Å². The number of nitrogens with zero attached hydrogens (tertiary/aromatic N) is 4. The van der Waals surface area contributed by atoms with Crippen molar-refractivity contribution in [2.24, 2.45) is 5.73 Å².